The lowest BCUT2D eigenvalue weighted by atomic mass is 10.2. The first-order valence-electron chi connectivity index (χ1n) is 10.3. The number of hydrogen-bond acceptors (Lipinski definition) is 6. The molecule has 0 saturated carbocycles. The van der Waals surface area contributed by atoms with Crippen LogP contribution in [-0.4, -0.2) is 76.4 Å². The lowest BCUT2D eigenvalue weighted by Gasteiger charge is -2.34. The van der Waals surface area contributed by atoms with Gasteiger partial charge in [-0.3, -0.25) is 9.69 Å². The van der Waals surface area contributed by atoms with Crippen molar-refractivity contribution < 1.29 is 23.7 Å². The topological polar surface area (TPSA) is 60.5 Å². The number of carbonyl (C=O) groups excluding carboxylic acids is 1. The third-order valence-electron chi connectivity index (χ3n) is 5.25. The number of amides is 1. The van der Waals surface area contributed by atoms with E-state index in [9.17, 15) is 4.79 Å². The summed E-state index contributed by atoms with van der Waals surface area (Å²) in [6, 6.07) is 13.1. The largest absolute Gasteiger partial charge is 0.497 e. The summed E-state index contributed by atoms with van der Waals surface area (Å²) in [6.45, 7) is 4.52. The second-order valence-corrected chi connectivity index (χ2v) is 7.14. The minimum atomic E-state index is 0.0175. The molecule has 1 aliphatic rings. The van der Waals surface area contributed by atoms with E-state index in [-0.39, 0.29) is 5.91 Å². The summed E-state index contributed by atoms with van der Waals surface area (Å²) in [6.07, 6.45) is 3.42. The molecule has 0 aromatic heterocycles. The number of hydrogen-bond donors (Lipinski definition) is 0. The van der Waals surface area contributed by atoms with Crippen LogP contribution in [0.3, 0.4) is 0 Å². The van der Waals surface area contributed by atoms with Gasteiger partial charge in [0, 0.05) is 38.8 Å². The molecule has 7 heteroatoms. The molecule has 2 aromatic rings. The molecule has 1 fully saturated rings. The van der Waals surface area contributed by atoms with Crippen molar-refractivity contribution in [3.63, 3.8) is 0 Å². The van der Waals surface area contributed by atoms with Gasteiger partial charge >= 0.3 is 0 Å². The van der Waals surface area contributed by atoms with E-state index in [0.717, 1.165) is 36.7 Å². The number of piperazine rings is 1. The molecule has 2 aromatic carbocycles. The van der Waals surface area contributed by atoms with E-state index in [1.54, 1.807) is 33.5 Å². The maximum Gasteiger partial charge on any atom is 0.246 e. The van der Waals surface area contributed by atoms with Crippen LogP contribution in [0, 0.1) is 0 Å². The fourth-order valence-electron chi connectivity index (χ4n) is 3.39. The molecule has 0 spiro atoms. The summed E-state index contributed by atoms with van der Waals surface area (Å²) in [5, 5.41) is 0. The molecule has 7 nitrogen and oxygen atoms in total. The van der Waals surface area contributed by atoms with Gasteiger partial charge in [-0.2, -0.15) is 0 Å². The van der Waals surface area contributed by atoms with Crippen LogP contribution in [0.4, 0.5) is 0 Å². The molecule has 166 valence electrons. The number of carbonyl (C=O) groups is 1. The number of ether oxygens (including phenoxy) is 4. The number of benzene rings is 2. The van der Waals surface area contributed by atoms with Crippen molar-refractivity contribution in [1.29, 1.82) is 0 Å². The first kappa shape index (κ1) is 22.5. The van der Waals surface area contributed by atoms with Gasteiger partial charge in [0.25, 0.3) is 0 Å². The first-order valence-corrected chi connectivity index (χ1v) is 10.3. The Morgan fingerprint density at radius 2 is 1.55 bits per heavy atom. The average Bonchev–Trinajstić information content (AvgIpc) is 2.83. The van der Waals surface area contributed by atoms with Crippen LogP contribution >= 0.6 is 0 Å². The fraction of sp³-hybridized carbons (Fsp3) is 0.375. The third-order valence-corrected chi connectivity index (χ3v) is 5.25. The lowest BCUT2D eigenvalue weighted by molar-refractivity contribution is -0.127. The number of methoxy groups -OCH3 is 3. The van der Waals surface area contributed by atoms with Gasteiger partial charge in [-0.15, -0.1) is 0 Å². The maximum atomic E-state index is 12.5. The summed E-state index contributed by atoms with van der Waals surface area (Å²) < 4.78 is 21.5. The smallest absolute Gasteiger partial charge is 0.246 e. The van der Waals surface area contributed by atoms with Gasteiger partial charge in [0.05, 0.1) is 21.3 Å². The van der Waals surface area contributed by atoms with Gasteiger partial charge in [0.1, 0.15) is 18.1 Å². The second-order valence-electron chi connectivity index (χ2n) is 7.14. The van der Waals surface area contributed by atoms with Crippen molar-refractivity contribution in [3.8, 4) is 23.0 Å². The second kappa shape index (κ2) is 11.3. The van der Waals surface area contributed by atoms with E-state index in [4.69, 9.17) is 18.9 Å². The van der Waals surface area contributed by atoms with Crippen molar-refractivity contribution in [1.82, 2.24) is 9.80 Å². The van der Waals surface area contributed by atoms with E-state index in [0.29, 0.717) is 31.2 Å². The van der Waals surface area contributed by atoms with Crippen molar-refractivity contribution in [2.24, 2.45) is 0 Å². The Kier molecular flexibility index (Phi) is 8.18. The number of nitrogens with zero attached hydrogens (tertiary/aromatic N) is 2. The fourth-order valence-corrected chi connectivity index (χ4v) is 3.39. The molecule has 3 rings (SSSR count). The van der Waals surface area contributed by atoms with Crippen molar-refractivity contribution >= 4 is 12.0 Å². The van der Waals surface area contributed by atoms with E-state index >= 15 is 0 Å². The lowest BCUT2D eigenvalue weighted by Crippen LogP contribution is -2.49. The first-order chi connectivity index (χ1) is 15.1. The Hall–Kier alpha value is -3.19. The Labute approximate surface area is 183 Å². The average molecular weight is 427 g/mol. The maximum absolute atomic E-state index is 12.5. The van der Waals surface area contributed by atoms with Gasteiger partial charge < -0.3 is 23.8 Å². The standard InChI is InChI=1S/C24H30N2O5/c1-28-20-6-8-21(9-7-20)31-17-16-25-12-14-26(15-13-25)24(27)11-5-19-4-10-22(29-2)23(18-19)30-3/h4-11,18H,12-17H2,1-3H3/b11-5+. The van der Waals surface area contributed by atoms with E-state index in [1.165, 1.54) is 0 Å². The minimum absolute atomic E-state index is 0.0175. The third kappa shape index (κ3) is 6.39. The van der Waals surface area contributed by atoms with Crippen LogP contribution in [0.5, 0.6) is 23.0 Å². The molecular weight excluding hydrogens is 396 g/mol. The zero-order valence-corrected chi connectivity index (χ0v) is 18.4. The van der Waals surface area contributed by atoms with Crippen molar-refractivity contribution in [3.05, 3.63) is 54.1 Å². The van der Waals surface area contributed by atoms with E-state index in [2.05, 4.69) is 4.90 Å². The van der Waals surface area contributed by atoms with Crippen LogP contribution in [0.25, 0.3) is 6.08 Å². The highest BCUT2D eigenvalue weighted by Crippen LogP contribution is 2.28. The molecule has 31 heavy (non-hydrogen) atoms. The Morgan fingerprint density at radius 1 is 0.871 bits per heavy atom. The molecule has 0 radical (unpaired) electrons. The van der Waals surface area contributed by atoms with Gasteiger partial charge in [-0.1, -0.05) is 6.07 Å². The highest BCUT2D eigenvalue weighted by Gasteiger charge is 2.19. The molecule has 0 aliphatic carbocycles. The molecule has 1 saturated heterocycles. The minimum Gasteiger partial charge on any atom is -0.497 e. The summed E-state index contributed by atoms with van der Waals surface area (Å²) >= 11 is 0. The molecular formula is C24H30N2O5. The summed E-state index contributed by atoms with van der Waals surface area (Å²) in [5.74, 6) is 2.97. The zero-order chi connectivity index (χ0) is 22.1. The summed E-state index contributed by atoms with van der Waals surface area (Å²) in [4.78, 5) is 16.7. The zero-order valence-electron chi connectivity index (χ0n) is 18.4. The van der Waals surface area contributed by atoms with Crippen LogP contribution < -0.4 is 18.9 Å². The molecule has 0 bridgehead atoms. The van der Waals surface area contributed by atoms with Gasteiger partial charge in [-0.05, 0) is 48.0 Å². The van der Waals surface area contributed by atoms with Gasteiger partial charge in [0.15, 0.2) is 11.5 Å². The number of rotatable bonds is 9. The summed E-state index contributed by atoms with van der Waals surface area (Å²) in [5.41, 5.74) is 0.889. The highest BCUT2D eigenvalue weighted by molar-refractivity contribution is 5.92. The van der Waals surface area contributed by atoms with Crippen molar-refractivity contribution in [2.45, 2.75) is 0 Å². The normalized spacial score (nSPS) is 14.5. The van der Waals surface area contributed by atoms with Gasteiger partial charge in [-0.25, -0.2) is 0 Å². The molecule has 1 heterocycles. The molecule has 0 N–H and O–H groups in total. The molecule has 0 unspecified atom stereocenters. The van der Waals surface area contributed by atoms with Crippen LogP contribution in [-0.2, 0) is 4.79 Å². The van der Waals surface area contributed by atoms with Crippen LogP contribution in [0.15, 0.2) is 48.5 Å². The Morgan fingerprint density at radius 3 is 2.19 bits per heavy atom. The summed E-state index contributed by atoms with van der Waals surface area (Å²) in [7, 11) is 4.84. The quantitative estimate of drug-likeness (QED) is 0.575. The van der Waals surface area contributed by atoms with E-state index < -0.39 is 0 Å². The Balaban J connectivity index is 1.41. The Bertz CT molecular complexity index is 874. The highest BCUT2D eigenvalue weighted by atomic mass is 16.5. The van der Waals surface area contributed by atoms with Crippen LogP contribution in [0.2, 0.25) is 0 Å². The monoisotopic (exact) mass is 426 g/mol. The molecule has 0 atom stereocenters. The molecule has 1 aliphatic heterocycles. The van der Waals surface area contributed by atoms with Crippen LogP contribution in [0.1, 0.15) is 5.56 Å². The molecule has 1 amide bonds. The predicted octanol–water partition coefficient (Wildman–Crippen LogP) is 2.95. The van der Waals surface area contributed by atoms with Crippen molar-refractivity contribution in [2.75, 3.05) is 60.7 Å². The van der Waals surface area contributed by atoms with E-state index in [1.807, 2.05) is 47.4 Å². The predicted molar refractivity (Wildman–Crippen MR) is 120 cm³/mol. The SMILES string of the molecule is COc1ccc(OCCN2CCN(C(=O)/C=C/c3ccc(OC)c(OC)c3)CC2)cc1. The van der Waals surface area contributed by atoms with Gasteiger partial charge in [0.2, 0.25) is 5.91 Å².